The number of fused-ring (bicyclic) bond motifs is 1. The number of nitrogens with zero attached hydrogens (tertiary/aromatic N) is 2. The first-order valence-electron chi connectivity index (χ1n) is 13.5. The summed E-state index contributed by atoms with van der Waals surface area (Å²) >= 11 is 0. The van der Waals surface area contributed by atoms with Gasteiger partial charge in [0.1, 0.15) is 5.58 Å². The minimum Gasteiger partial charge on any atom is -0.422 e. The second-order valence-electron chi connectivity index (χ2n) is 9.72. The standard InChI is InChI=1S/C31H34N2O6/c1-4-6-18-32(19-7-5-2)24-13-15-25-21(3)26(31(37)38-27(25)20-24)14-10-22-8-11-23(12-9-22)30(36)39-33-28(34)16-17-29(33)35/h8-15,20H,4-7,16-19H2,1-3H3/b14-10+. The van der Waals surface area contributed by atoms with Gasteiger partial charge in [-0.15, -0.1) is 5.06 Å². The van der Waals surface area contributed by atoms with Crippen molar-refractivity contribution in [1.29, 1.82) is 0 Å². The van der Waals surface area contributed by atoms with Crippen LogP contribution in [-0.4, -0.2) is 35.9 Å². The highest BCUT2D eigenvalue weighted by Gasteiger charge is 2.33. The molecule has 4 rings (SSSR count). The van der Waals surface area contributed by atoms with Crippen molar-refractivity contribution in [3.8, 4) is 0 Å². The molecular formula is C31H34N2O6. The quantitative estimate of drug-likeness (QED) is 0.225. The first-order chi connectivity index (χ1) is 18.8. The molecule has 0 N–H and O–H groups in total. The molecule has 0 unspecified atom stereocenters. The highest BCUT2D eigenvalue weighted by Crippen LogP contribution is 2.26. The van der Waals surface area contributed by atoms with Crippen LogP contribution < -0.4 is 10.5 Å². The molecule has 0 saturated carbocycles. The van der Waals surface area contributed by atoms with Crippen LogP contribution in [0.15, 0.2) is 51.7 Å². The molecule has 0 atom stereocenters. The zero-order chi connectivity index (χ0) is 27.9. The number of aryl methyl sites for hydroxylation is 1. The predicted molar refractivity (Wildman–Crippen MR) is 151 cm³/mol. The van der Waals surface area contributed by atoms with E-state index in [0.29, 0.717) is 16.2 Å². The number of amides is 2. The van der Waals surface area contributed by atoms with Crippen molar-refractivity contribution in [3.63, 3.8) is 0 Å². The van der Waals surface area contributed by atoms with Gasteiger partial charge in [-0.05, 0) is 61.2 Å². The van der Waals surface area contributed by atoms with Crippen molar-refractivity contribution in [2.45, 2.75) is 59.3 Å². The van der Waals surface area contributed by atoms with E-state index in [1.54, 1.807) is 24.3 Å². The molecule has 2 heterocycles. The van der Waals surface area contributed by atoms with Crippen LogP contribution in [0.3, 0.4) is 0 Å². The zero-order valence-corrected chi connectivity index (χ0v) is 22.7. The van der Waals surface area contributed by atoms with Crippen molar-refractivity contribution in [2.75, 3.05) is 18.0 Å². The number of rotatable bonds is 11. The van der Waals surface area contributed by atoms with Gasteiger partial charge in [-0.3, -0.25) is 9.59 Å². The Morgan fingerprint density at radius 2 is 1.59 bits per heavy atom. The van der Waals surface area contributed by atoms with Crippen LogP contribution in [0.5, 0.6) is 0 Å². The number of unbranched alkanes of at least 4 members (excludes halogenated alkanes) is 2. The molecule has 2 aromatic carbocycles. The maximum absolute atomic E-state index is 12.9. The Kier molecular flexibility index (Phi) is 8.96. The molecule has 0 aliphatic carbocycles. The molecule has 1 aliphatic rings. The molecule has 39 heavy (non-hydrogen) atoms. The SMILES string of the molecule is CCCCN(CCCC)c1ccc2c(C)c(/C=C/c3ccc(C(=O)ON4C(=O)CCC4=O)cc3)c(=O)oc2c1. The first kappa shape index (κ1) is 27.8. The number of imide groups is 1. The van der Waals surface area contributed by atoms with Gasteiger partial charge in [0.15, 0.2) is 0 Å². The lowest BCUT2D eigenvalue weighted by Crippen LogP contribution is -2.32. The summed E-state index contributed by atoms with van der Waals surface area (Å²) < 4.78 is 5.74. The number of benzene rings is 2. The van der Waals surface area contributed by atoms with Crippen molar-refractivity contribution >= 4 is 46.6 Å². The highest BCUT2D eigenvalue weighted by atomic mass is 16.7. The summed E-state index contributed by atoms with van der Waals surface area (Å²) in [6.45, 7) is 8.21. The summed E-state index contributed by atoms with van der Waals surface area (Å²) in [5.74, 6) is -1.85. The Bertz CT molecular complexity index is 1430. The average Bonchev–Trinajstić information content (AvgIpc) is 3.25. The number of carbonyl (C=O) groups excluding carboxylic acids is 3. The molecule has 204 valence electrons. The summed E-state index contributed by atoms with van der Waals surface area (Å²) in [7, 11) is 0. The summed E-state index contributed by atoms with van der Waals surface area (Å²) in [4.78, 5) is 55.9. The summed E-state index contributed by atoms with van der Waals surface area (Å²) in [5.41, 5.74) is 3.45. The van der Waals surface area contributed by atoms with Crippen molar-refractivity contribution in [1.82, 2.24) is 5.06 Å². The largest absolute Gasteiger partial charge is 0.422 e. The first-order valence-corrected chi connectivity index (χ1v) is 13.5. The van der Waals surface area contributed by atoms with Gasteiger partial charge < -0.3 is 14.2 Å². The second-order valence-corrected chi connectivity index (χ2v) is 9.72. The van der Waals surface area contributed by atoms with E-state index >= 15 is 0 Å². The van der Waals surface area contributed by atoms with E-state index in [4.69, 9.17) is 9.25 Å². The fourth-order valence-corrected chi connectivity index (χ4v) is 4.52. The van der Waals surface area contributed by atoms with Crippen molar-refractivity contribution < 1.29 is 23.6 Å². The minimum atomic E-state index is -0.789. The minimum absolute atomic E-state index is 0.0372. The molecule has 1 aromatic heterocycles. The van der Waals surface area contributed by atoms with Gasteiger partial charge >= 0.3 is 11.6 Å². The Hall–Kier alpha value is -4.20. The normalized spacial score (nSPS) is 13.6. The second kappa shape index (κ2) is 12.6. The molecule has 0 spiro atoms. The summed E-state index contributed by atoms with van der Waals surface area (Å²) in [6, 6.07) is 12.5. The number of hydroxylamine groups is 2. The molecule has 3 aromatic rings. The summed E-state index contributed by atoms with van der Waals surface area (Å²) in [5, 5.41) is 1.41. The van der Waals surface area contributed by atoms with Crippen LogP contribution >= 0.6 is 0 Å². The zero-order valence-electron chi connectivity index (χ0n) is 22.7. The fourth-order valence-electron chi connectivity index (χ4n) is 4.52. The molecule has 2 amide bonds. The highest BCUT2D eigenvalue weighted by molar-refractivity contribution is 6.02. The van der Waals surface area contributed by atoms with Gasteiger partial charge in [0.2, 0.25) is 0 Å². The molecular weight excluding hydrogens is 496 g/mol. The van der Waals surface area contributed by atoms with E-state index in [2.05, 4.69) is 24.8 Å². The smallest absolute Gasteiger partial charge is 0.363 e. The third-order valence-electron chi connectivity index (χ3n) is 6.89. The van der Waals surface area contributed by atoms with E-state index in [1.807, 2.05) is 19.1 Å². The molecule has 0 radical (unpaired) electrons. The number of hydrogen-bond donors (Lipinski definition) is 0. The van der Waals surface area contributed by atoms with Crippen LogP contribution in [0, 0.1) is 6.92 Å². The Balaban J connectivity index is 1.52. The Morgan fingerprint density at radius 3 is 2.21 bits per heavy atom. The number of carbonyl (C=O) groups is 3. The Morgan fingerprint density at radius 1 is 0.949 bits per heavy atom. The number of hydrogen-bond acceptors (Lipinski definition) is 7. The number of anilines is 1. The Labute approximate surface area is 227 Å². The van der Waals surface area contributed by atoms with Crippen LogP contribution in [0.2, 0.25) is 0 Å². The van der Waals surface area contributed by atoms with E-state index in [-0.39, 0.29) is 18.4 Å². The molecule has 1 saturated heterocycles. The molecule has 1 aliphatic heterocycles. The van der Waals surface area contributed by atoms with Gasteiger partial charge in [-0.1, -0.05) is 44.9 Å². The van der Waals surface area contributed by atoms with Gasteiger partial charge in [0.05, 0.1) is 11.1 Å². The predicted octanol–water partition coefficient (Wildman–Crippen LogP) is 5.90. The van der Waals surface area contributed by atoms with Gasteiger partial charge in [-0.2, -0.15) is 0 Å². The molecule has 8 nitrogen and oxygen atoms in total. The van der Waals surface area contributed by atoms with Crippen LogP contribution in [0.25, 0.3) is 23.1 Å². The van der Waals surface area contributed by atoms with Crippen LogP contribution in [-0.2, 0) is 14.4 Å². The maximum atomic E-state index is 12.9. The van der Waals surface area contributed by atoms with Gasteiger partial charge in [-0.25, -0.2) is 9.59 Å². The average molecular weight is 531 g/mol. The third kappa shape index (κ3) is 6.45. The lowest BCUT2D eigenvalue weighted by atomic mass is 10.0. The maximum Gasteiger partial charge on any atom is 0.363 e. The molecule has 0 bridgehead atoms. The molecule has 8 heteroatoms. The van der Waals surface area contributed by atoms with Crippen molar-refractivity contribution in [2.24, 2.45) is 0 Å². The monoisotopic (exact) mass is 530 g/mol. The summed E-state index contributed by atoms with van der Waals surface area (Å²) in [6.07, 6.45) is 7.99. The lowest BCUT2D eigenvalue weighted by Gasteiger charge is -2.25. The lowest BCUT2D eigenvalue weighted by molar-refractivity contribution is -0.172. The van der Waals surface area contributed by atoms with E-state index < -0.39 is 23.4 Å². The van der Waals surface area contributed by atoms with E-state index in [1.165, 1.54) is 12.1 Å². The van der Waals surface area contributed by atoms with Crippen LogP contribution in [0.4, 0.5) is 5.69 Å². The van der Waals surface area contributed by atoms with Gasteiger partial charge in [0.25, 0.3) is 11.8 Å². The van der Waals surface area contributed by atoms with Crippen LogP contribution in [0.1, 0.15) is 79.4 Å². The van der Waals surface area contributed by atoms with Gasteiger partial charge in [0, 0.05) is 43.1 Å². The third-order valence-corrected chi connectivity index (χ3v) is 6.89. The molecule has 1 fully saturated rings. The van der Waals surface area contributed by atoms with E-state index in [0.717, 1.165) is 61.0 Å². The topological polar surface area (TPSA) is 97.1 Å². The van der Waals surface area contributed by atoms with Crippen molar-refractivity contribution in [3.05, 3.63) is 75.1 Å². The van der Waals surface area contributed by atoms with E-state index in [9.17, 15) is 19.2 Å². The fraction of sp³-hybridized carbons (Fsp3) is 0.355.